The summed E-state index contributed by atoms with van der Waals surface area (Å²) in [4.78, 5) is 29.7. The van der Waals surface area contributed by atoms with Crippen molar-refractivity contribution in [2.75, 3.05) is 26.3 Å². The second-order valence-corrected chi connectivity index (χ2v) is 8.49. The normalized spacial score (nSPS) is 14.8. The van der Waals surface area contributed by atoms with Crippen LogP contribution in [0.3, 0.4) is 0 Å². The Bertz CT molecular complexity index is 1220. The minimum absolute atomic E-state index is 0.0320. The number of halogens is 3. The molecule has 4 rings (SSSR count). The van der Waals surface area contributed by atoms with Gasteiger partial charge in [0, 0.05) is 30.4 Å². The number of rotatable bonds is 6. The molecule has 0 aliphatic carbocycles. The van der Waals surface area contributed by atoms with Crippen molar-refractivity contribution in [3.63, 3.8) is 0 Å². The number of carbonyl (C=O) groups excluding carboxylic acids is 1. The van der Waals surface area contributed by atoms with E-state index in [4.69, 9.17) is 4.74 Å². The fourth-order valence-corrected chi connectivity index (χ4v) is 4.00. The largest absolute Gasteiger partial charge is 0.493 e. The summed E-state index contributed by atoms with van der Waals surface area (Å²) in [5.74, 6) is -0.783. The van der Waals surface area contributed by atoms with E-state index in [1.54, 1.807) is 11.1 Å². The SMILES string of the molecule is O=C(NN1CCOCC1)c1cnccc1Cn1cc(O)n(-c2ccc(SC(F)(F)F)cc2)c1=O. The molecule has 0 atom stereocenters. The quantitative estimate of drug-likeness (QED) is 0.507. The van der Waals surface area contributed by atoms with Crippen LogP contribution in [0.4, 0.5) is 13.2 Å². The van der Waals surface area contributed by atoms with Crippen molar-refractivity contribution in [3.8, 4) is 11.6 Å². The first-order valence-electron chi connectivity index (χ1n) is 10.1. The summed E-state index contributed by atoms with van der Waals surface area (Å²) in [5.41, 5.74) is -1.30. The molecule has 0 radical (unpaired) electrons. The van der Waals surface area contributed by atoms with Crippen molar-refractivity contribution in [1.82, 2.24) is 24.6 Å². The van der Waals surface area contributed by atoms with Gasteiger partial charge in [-0.2, -0.15) is 13.2 Å². The Morgan fingerprint density at radius 2 is 1.88 bits per heavy atom. The molecule has 34 heavy (non-hydrogen) atoms. The minimum atomic E-state index is -4.43. The zero-order valence-electron chi connectivity index (χ0n) is 17.7. The zero-order chi connectivity index (χ0) is 24.3. The first kappa shape index (κ1) is 23.9. The van der Waals surface area contributed by atoms with E-state index in [2.05, 4.69) is 10.4 Å². The van der Waals surface area contributed by atoms with Crippen molar-refractivity contribution in [2.45, 2.75) is 16.9 Å². The molecule has 1 aromatic carbocycles. The number of nitrogens with zero attached hydrogens (tertiary/aromatic N) is 4. The standard InChI is InChI=1S/C21H20F3N5O4S/c22-21(23,24)34-16-3-1-15(2-4-16)29-18(30)13-27(20(29)32)12-14-5-6-25-11-17(14)19(31)26-28-7-9-33-10-8-28/h1-6,11,13,30H,7-10,12H2,(H,26,31). The van der Waals surface area contributed by atoms with Gasteiger partial charge in [0.15, 0.2) is 0 Å². The predicted molar refractivity (Wildman–Crippen MR) is 117 cm³/mol. The first-order valence-corrected chi connectivity index (χ1v) is 11.0. The van der Waals surface area contributed by atoms with Gasteiger partial charge in [-0.1, -0.05) is 0 Å². The van der Waals surface area contributed by atoms with Crippen molar-refractivity contribution in [3.05, 3.63) is 70.5 Å². The highest BCUT2D eigenvalue weighted by Crippen LogP contribution is 2.37. The minimum Gasteiger partial charge on any atom is -0.493 e. The molecule has 1 aliphatic rings. The van der Waals surface area contributed by atoms with E-state index in [1.807, 2.05) is 0 Å². The van der Waals surface area contributed by atoms with Gasteiger partial charge in [-0.3, -0.25) is 19.8 Å². The van der Waals surface area contributed by atoms with Crippen molar-refractivity contribution in [2.24, 2.45) is 0 Å². The molecule has 0 unspecified atom stereocenters. The molecule has 13 heteroatoms. The van der Waals surface area contributed by atoms with Crippen molar-refractivity contribution >= 4 is 17.7 Å². The van der Waals surface area contributed by atoms with Gasteiger partial charge in [0.1, 0.15) is 0 Å². The molecule has 1 fully saturated rings. The van der Waals surface area contributed by atoms with Gasteiger partial charge in [-0.25, -0.2) is 14.4 Å². The number of aromatic nitrogens is 3. The number of hydrazine groups is 1. The Morgan fingerprint density at radius 1 is 1.18 bits per heavy atom. The highest BCUT2D eigenvalue weighted by atomic mass is 32.2. The topological polar surface area (TPSA) is 102 Å². The van der Waals surface area contributed by atoms with E-state index in [0.29, 0.717) is 31.9 Å². The average molecular weight is 495 g/mol. The number of nitrogens with one attached hydrogen (secondary N) is 1. The van der Waals surface area contributed by atoms with Gasteiger partial charge in [0.05, 0.1) is 37.2 Å². The van der Waals surface area contributed by atoms with Gasteiger partial charge in [-0.05, 0) is 47.7 Å². The number of thioether (sulfide) groups is 1. The third-order valence-electron chi connectivity index (χ3n) is 5.03. The third kappa shape index (κ3) is 5.61. The molecule has 1 saturated heterocycles. The Labute approximate surface area is 195 Å². The number of pyridine rings is 1. The van der Waals surface area contributed by atoms with Crippen LogP contribution in [0.2, 0.25) is 0 Å². The van der Waals surface area contributed by atoms with Gasteiger partial charge in [0.2, 0.25) is 5.88 Å². The maximum absolute atomic E-state index is 12.9. The number of alkyl halides is 3. The lowest BCUT2D eigenvalue weighted by Gasteiger charge is -2.27. The number of hydrogen-bond acceptors (Lipinski definition) is 7. The number of imidazole rings is 1. The zero-order valence-corrected chi connectivity index (χ0v) is 18.5. The average Bonchev–Trinajstić information content (AvgIpc) is 3.07. The van der Waals surface area contributed by atoms with Crippen LogP contribution >= 0.6 is 11.8 Å². The summed E-state index contributed by atoms with van der Waals surface area (Å²) < 4.78 is 45.1. The summed E-state index contributed by atoms with van der Waals surface area (Å²) in [6, 6.07) is 6.65. The van der Waals surface area contributed by atoms with E-state index in [1.165, 1.54) is 47.4 Å². The first-order chi connectivity index (χ1) is 16.2. The smallest absolute Gasteiger partial charge is 0.446 e. The van der Waals surface area contributed by atoms with Gasteiger partial charge < -0.3 is 9.84 Å². The van der Waals surface area contributed by atoms with Crippen molar-refractivity contribution in [1.29, 1.82) is 0 Å². The molecule has 9 nitrogen and oxygen atoms in total. The van der Waals surface area contributed by atoms with E-state index in [-0.39, 0.29) is 40.4 Å². The van der Waals surface area contributed by atoms with Crippen LogP contribution in [0, 0.1) is 0 Å². The van der Waals surface area contributed by atoms with Crippen LogP contribution in [0.5, 0.6) is 5.88 Å². The Morgan fingerprint density at radius 3 is 2.56 bits per heavy atom. The van der Waals surface area contributed by atoms with E-state index in [9.17, 15) is 27.9 Å². The summed E-state index contributed by atoms with van der Waals surface area (Å²) in [6.45, 7) is 2.04. The van der Waals surface area contributed by atoms with Crippen LogP contribution < -0.4 is 11.1 Å². The Kier molecular flexibility index (Phi) is 6.95. The third-order valence-corrected chi connectivity index (χ3v) is 5.77. The fraction of sp³-hybridized carbons (Fsp3) is 0.286. The number of hydrogen-bond donors (Lipinski definition) is 2. The second kappa shape index (κ2) is 9.91. The molecular weight excluding hydrogens is 475 g/mol. The van der Waals surface area contributed by atoms with Crippen LogP contribution in [0.15, 0.2) is 58.6 Å². The molecule has 3 aromatic rings. The Hall–Kier alpha value is -3.29. The van der Waals surface area contributed by atoms with E-state index < -0.39 is 17.1 Å². The molecule has 0 spiro atoms. The van der Waals surface area contributed by atoms with Crippen LogP contribution in [0.1, 0.15) is 15.9 Å². The second-order valence-electron chi connectivity index (χ2n) is 7.35. The molecule has 180 valence electrons. The van der Waals surface area contributed by atoms with Crippen molar-refractivity contribution < 1.29 is 27.8 Å². The summed E-state index contributed by atoms with van der Waals surface area (Å²) in [7, 11) is 0. The van der Waals surface area contributed by atoms with Gasteiger partial charge in [-0.15, -0.1) is 0 Å². The fourth-order valence-electron chi connectivity index (χ4n) is 3.46. The molecule has 1 amide bonds. The highest BCUT2D eigenvalue weighted by Gasteiger charge is 2.29. The molecular formula is C21H20F3N5O4S. The van der Waals surface area contributed by atoms with E-state index >= 15 is 0 Å². The lowest BCUT2D eigenvalue weighted by molar-refractivity contribution is -0.0328. The summed E-state index contributed by atoms with van der Waals surface area (Å²) in [6.07, 6.45) is 4.08. The maximum Gasteiger partial charge on any atom is 0.446 e. The van der Waals surface area contributed by atoms with E-state index in [0.717, 1.165) is 4.57 Å². The number of carbonyl (C=O) groups is 1. The predicted octanol–water partition coefficient (Wildman–Crippen LogP) is 2.38. The lowest BCUT2D eigenvalue weighted by atomic mass is 10.1. The maximum atomic E-state index is 12.9. The van der Waals surface area contributed by atoms with Crippen LogP contribution in [-0.4, -0.2) is 62.0 Å². The number of benzene rings is 1. The number of morpholine rings is 1. The highest BCUT2D eigenvalue weighted by molar-refractivity contribution is 8.00. The van der Waals surface area contributed by atoms with Gasteiger partial charge >= 0.3 is 11.2 Å². The summed E-state index contributed by atoms with van der Waals surface area (Å²) in [5, 5.41) is 12.1. The number of ether oxygens (including phenoxy) is 1. The molecule has 1 aliphatic heterocycles. The number of aromatic hydroxyl groups is 1. The molecule has 3 heterocycles. The molecule has 0 bridgehead atoms. The summed E-state index contributed by atoms with van der Waals surface area (Å²) >= 11 is -0.273. The van der Waals surface area contributed by atoms with Gasteiger partial charge in [0.25, 0.3) is 5.91 Å². The molecule has 0 saturated carbocycles. The lowest BCUT2D eigenvalue weighted by Crippen LogP contribution is -2.48. The van der Waals surface area contributed by atoms with Crippen LogP contribution in [0.25, 0.3) is 5.69 Å². The van der Waals surface area contributed by atoms with Crippen LogP contribution in [-0.2, 0) is 11.3 Å². The Balaban J connectivity index is 1.55. The molecule has 2 N–H and O–H groups in total. The number of amides is 1. The monoisotopic (exact) mass is 495 g/mol. The molecule has 2 aromatic heterocycles.